The van der Waals surface area contributed by atoms with Gasteiger partial charge >= 0.3 is 0 Å². The first-order chi connectivity index (χ1) is 13.7. The molecule has 28 heavy (non-hydrogen) atoms. The number of rotatable bonds is 5. The number of carbonyl (C=O) groups excluding carboxylic acids is 1. The third-order valence-electron chi connectivity index (χ3n) is 5.78. The highest BCUT2D eigenvalue weighted by atomic mass is 16.5. The molecule has 4 nitrogen and oxygen atoms in total. The van der Waals surface area contributed by atoms with Gasteiger partial charge in [0.1, 0.15) is 5.75 Å². The Morgan fingerprint density at radius 2 is 1.86 bits per heavy atom. The minimum atomic E-state index is -0.0239. The summed E-state index contributed by atoms with van der Waals surface area (Å²) < 4.78 is 5.28. The van der Waals surface area contributed by atoms with Crippen molar-refractivity contribution in [1.29, 1.82) is 0 Å². The van der Waals surface area contributed by atoms with Gasteiger partial charge in [0.05, 0.1) is 7.11 Å². The van der Waals surface area contributed by atoms with Crippen LogP contribution >= 0.6 is 0 Å². The van der Waals surface area contributed by atoms with Gasteiger partial charge in [-0.15, -0.1) is 0 Å². The summed E-state index contributed by atoms with van der Waals surface area (Å²) in [6.07, 6.45) is 9.05. The lowest BCUT2D eigenvalue weighted by Gasteiger charge is -2.35. The Morgan fingerprint density at radius 3 is 2.54 bits per heavy atom. The molecule has 2 atom stereocenters. The zero-order chi connectivity index (χ0) is 19.5. The van der Waals surface area contributed by atoms with Crippen LogP contribution < -0.4 is 9.64 Å². The Kier molecular flexibility index (Phi) is 5.31. The summed E-state index contributed by atoms with van der Waals surface area (Å²) in [5, 5.41) is 0. The second-order valence-electron chi connectivity index (χ2n) is 7.44. The summed E-state index contributed by atoms with van der Waals surface area (Å²) in [7, 11) is 3.84. The maximum absolute atomic E-state index is 13.2. The van der Waals surface area contributed by atoms with Gasteiger partial charge < -0.3 is 4.74 Å². The first-order valence-corrected chi connectivity index (χ1v) is 9.79. The van der Waals surface area contributed by atoms with E-state index in [1.54, 1.807) is 13.2 Å². The molecule has 2 aromatic rings. The number of anilines is 1. The molecule has 0 spiro atoms. The fraction of sp³-hybridized carbons (Fsp3) is 0.292. The molecule has 0 N–H and O–H groups in total. The van der Waals surface area contributed by atoms with Crippen LogP contribution in [-0.2, 0) is 4.79 Å². The van der Waals surface area contributed by atoms with E-state index in [9.17, 15) is 4.79 Å². The van der Waals surface area contributed by atoms with Crippen LogP contribution in [0.4, 0.5) is 5.69 Å². The van der Waals surface area contributed by atoms with Crippen LogP contribution in [0.3, 0.4) is 0 Å². The van der Waals surface area contributed by atoms with E-state index >= 15 is 0 Å². The summed E-state index contributed by atoms with van der Waals surface area (Å²) in [6.45, 7) is 0. The number of methoxy groups -OCH3 is 1. The number of carbonyl (C=O) groups is 1. The van der Waals surface area contributed by atoms with Crippen LogP contribution in [0.25, 0.3) is 6.08 Å². The second kappa shape index (κ2) is 8.03. The van der Waals surface area contributed by atoms with Gasteiger partial charge in [-0.05, 0) is 61.9 Å². The number of benzene rings is 2. The van der Waals surface area contributed by atoms with Gasteiger partial charge in [0, 0.05) is 36.0 Å². The Morgan fingerprint density at radius 1 is 1.11 bits per heavy atom. The lowest BCUT2D eigenvalue weighted by Crippen LogP contribution is -2.40. The predicted molar refractivity (Wildman–Crippen MR) is 113 cm³/mol. The van der Waals surface area contributed by atoms with Crippen molar-refractivity contribution in [1.82, 2.24) is 4.90 Å². The Bertz CT molecular complexity index is 887. The van der Waals surface area contributed by atoms with Gasteiger partial charge in [-0.1, -0.05) is 30.3 Å². The molecule has 1 fully saturated rings. The summed E-state index contributed by atoms with van der Waals surface area (Å²) in [6, 6.07) is 18.6. The second-order valence-corrected chi connectivity index (χ2v) is 7.44. The number of ether oxygens (including phenoxy) is 1. The van der Waals surface area contributed by atoms with Crippen LogP contribution in [0, 0.1) is 0 Å². The van der Waals surface area contributed by atoms with Crippen molar-refractivity contribution in [2.24, 2.45) is 0 Å². The zero-order valence-electron chi connectivity index (χ0n) is 16.4. The molecule has 2 aromatic carbocycles. The largest absolute Gasteiger partial charge is 0.497 e. The monoisotopic (exact) mass is 374 g/mol. The molecule has 1 saturated heterocycles. The number of likely N-dealkylation sites (N-methyl/N-ethyl adjacent to an activating group) is 1. The van der Waals surface area contributed by atoms with Gasteiger partial charge in [-0.25, -0.2) is 0 Å². The van der Waals surface area contributed by atoms with E-state index < -0.39 is 0 Å². The van der Waals surface area contributed by atoms with Crippen LogP contribution in [0.5, 0.6) is 5.75 Å². The quantitative estimate of drug-likeness (QED) is 0.723. The number of fused-ring (bicyclic) bond motifs is 2. The van der Waals surface area contributed by atoms with Crippen molar-refractivity contribution in [2.75, 3.05) is 19.1 Å². The molecule has 0 aromatic heterocycles. The van der Waals surface area contributed by atoms with E-state index in [4.69, 9.17) is 4.74 Å². The van der Waals surface area contributed by atoms with Crippen LogP contribution in [0.15, 0.2) is 72.4 Å². The van der Waals surface area contributed by atoms with E-state index in [1.807, 2.05) is 65.6 Å². The van der Waals surface area contributed by atoms with Gasteiger partial charge in [0.25, 0.3) is 5.91 Å². The normalized spacial score (nSPS) is 21.6. The van der Waals surface area contributed by atoms with Crippen molar-refractivity contribution in [3.63, 3.8) is 0 Å². The number of amides is 1. The first-order valence-electron chi connectivity index (χ1n) is 9.79. The van der Waals surface area contributed by atoms with E-state index in [0.717, 1.165) is 35.5 Å². The van der Waals surface area contributed by atoms with Crippen molar-refractivity contribution < 1.29 is 9.53 Å². The molecule has 2 bridgehead atoms. The highest BCUT2D eigenvalue weighted by Crippen LogP contribution is 2.36. The minimum absolute atomic E-state index is 0.0239. The van der Waals surface area contributed by atoms with Crippen molar-refractivity contribution >= 4 is 17.7 Å². The van der Waals surface area contributed by atoms with E-state index in [0.29, 0.717) is 12.1 Å². The average Bonchev–Trinajstić information content (AvgIpc) is 2.94. The van der Waals surface area contributed by atoms with Gasteiger partial charge in [-0.2, -0.15) is 0 Å². The maximum Gasteiger partial charge on any atom is 0.255 e. The Balaban J connectivity index is 1.66. The fourth-order valence-corrected chi connectivity index (χ4v) is 4.16. The topological polar surface area (TPSA) is 32.8 Å². The third-order valence-corrected chi connectivity index (χ3v) is 5.78. The summed E-state index contributed by atoms with van der Waals surface area (Å²) >= 11 is 0. The smallest absolute Gasteiger partial charge is 0.255 e. The molecule has 0 aliphatic carbocycles. The highest BCUT2D eigenvalue weighted by Gasteiger charge is 2.36. The number of hydrogen-bond acceptors (Lipinski definition) is 3. The third kappa shape index (κ3) is 3.73. The highest BCUT2D eigenvalue weighted by molar-refractivity contribution is 6.06. The predicted octanol–water partition coefficient (Wildman–Crippen LogP) is 4.49. The van der Waals surface area contributed by atoms with E-state index in [1.165, 1.54) is 6.42 Å². The molecule has 4 rings (SSSR count). The van der Waals surface area contributed by atoms with E-state index in [2.05, 4.69) is 18.0 Å². The molecule has 0 saturated carbocycles. The molecule has 144 valence electrons. The number of nitrogens with zero attached hydrogens (tertiary/aromatic N) is 2. The van der Waals surface area contributed by atoms with Gasteiger partial charge in [0.2, 0.25) is 0 Å². The van der Waals surface area contributed by atoms with E-state index in [-0.39, 0.29) is 5.91 Å². The molecule has 0 radical (unpaired) electrons. The molecule has 2 heterocycles. The molecule has 2 aliphatic rings. The lowest BCUT2D eigenvalue weighted by atomic mass is 10.0. The summed E-state index contributed by atoms with van der Waals surface area (Å²) in [4.78, 5) is 17.5. The Labute approximate surface area is 166 Å². The molecule has 1 amide bonds. The molecule has 2 aliphatic heterocycles. The molecular formula is C24H26N2O2. The fourth-order valence-electron chi connectivity index (χ4n) is 4.16. The average molecular weight is 374 g/mol. The maximum atomic E-state index is 13.2. The molecular weight excluding hydrogens is 348 g/mol. The molecule has 4 heteroatoms. The van der Waals surface area contributed by atoms with Crippen LogP contribution in [-0.4, -0.2) is 37.0 Å². The van der Waals surface area contributed by atoms with Gasteiger partial charge in [-0.3, -0.25) is 14.6 Å². The van der Waals surface area contributed by atoms with Crippen LogP contribution in [0.2, 0.25) is 0 Å². The summed E-state index contributed by atoms with van der Waals surface area (Å²) in [5.74, 6) is 0.762. The van der Waals surface area contributed by atoms with Crippen molar-refractivity contribution in [3.05, 3.63) is 78.0 Å². The first kappa shape index (κ1) is 18.5. The molecule has 2 unspecified atom stereocenters. The SMILES string of the molecule is COc1ccc(N(C(=O)/C=C/c2ccccc2)C2=CC3CCC(C2)N3C)cc1. The van der Waals surface area contributed by atoms with Crippen molar-refractivity contribution in [3.8, 4) is 5.75 Å². The summed E-state index contributed by atoms with van der Waals surface area (Å²) in [5.41, 5.74) is 2.99. The lowest BCUT2D eigenvalue weighted by molar-refractivity contribution is -0.113. The van der Waals surface area contributed by atoms with Crippen molar-refractivity contribution in [2.45, 2.75) is 31.3 Å². The Hall–Kier alpha value is -2.85. The minimum Gasteiger partial charge on any atom is -0.497 e. The van der Waals surface area contributed by atoms with Gasteiger partial charge in [0.15, 0.2) is 0 Å². The van der Waals surface area contributed by atoms with Crippen LogP contribution in [0.1, 0.15) is 24.8 Å². The zero-order valence-corrected chi connectivity index (χ0v) is 16.4. The number of hydrogen-bond donors (Lipinski definition) is 0. The standard InChI is InChI=1S/C24H26N2O2/c1-25-20-9-10-21(25)17-22(16-20)26(19-11-13-23(28-2)14-12-19)24(27)15-8-18-6-4-3-5-7-18/h3-8,11-16,20-21H,9-10,17H2,1-2H3/b15-8+.